The number of ketones is 1. The van der Waals surface area contributed by atoms with Gasteiger partial charge in [-0.3, -0.25) is 9.59 Å². The molecular weight excluding hydrogens is 315 g/mol. The molecule has 1 aliphatic rings. The molecule has 102 valence electrons. The van der Waals surface area contributed by atoms with Crippen molar-refractivity contribution in [2.24, 2.45) is 11.8 Å². The summed E-state index contributed by atoms with van der Waals surface area (Å²) in [6.07, 6.45) is 2.01. The van der Waals surface area contributed by atoms with Gasteiger partial charge in [-0.05, 0) is 43.9 Å². The van der Waals surface area contributed by atoms with Crippen LogP contribution in [0.2, 0.25) is 0 Å². The minimum atomic E-state index is -0.806. The summed E-state index contributed by atoms with van der Waals surface area (Å²) in [5.41, 5.74) is 0.0909. The molecule has 1 N–H and O–H groups in total. The number of halogens is 2. The SMILES string of the molecule is O=C(O)C1CCC(C(=O)c2cc(Br)ccc2F)CC1. The standard InChI is InChI=1S/C14H14BrFO3/c15-10-5-6-12(16)11(7-10)13(17)8-1-3-9(4-2-8)14(18)19/h5-9H,1-4H2,(H,18,19). The molecule has 0 atom stereocenters. The first-order valence-electron chi connectivity index (χ1n) is 6.21. The van der Waals surface area contributed by atoms with Gasteiger partial charge in [0.05, 0.1) is 11.5 Å². The van der Waals surface area contributed by atoms with E-state index in [1.165, 1.54) is 12.1 Å². The quantitative estimate of drug-likeness (QED) is 0.861. The van der Waals surface area contributed by atoms with Crippen molar-refractivity contribution in [2.75, 3.05) is 0 Å². The smallest absolute Gasteiger partial charge is 0.306 e. The second kappa shape index (κ2) is 5.82. The number of rotatable bonds is 3. The molecule has 0 radical (unpaired) electrons. The normalized spacial score (nSPS) is 23.1. The summed E-state index contributed by atoms with van der Waals surface area (Å²) in [4.78, 5) is 23.1. The summed E-state index contributed by atoms with van der Waals surface area (Å²) < 4.78 is 14.3. The van der Waals surface area contributed by atoms with Gasteiger partial charge in [0, 0.05) is 10.4 Å². The summed E-state index contributed by atoms with van der Waals surface area (Å²) >= 11 is 3.22. The molecule has 0 spiro atoms. The average Bonchev–Trinajstić information content (AvgIpc) is 2.41. The van der Waals surface area contributed by atoms with Gasteiger partial charge in [-0.15, -0.1) is 0 Å². The van der Waals surface area contributed by atoms with Crippen molar-refractivity contribution in [1.29, 1.82) is 0 Å². The van der Waals surface area contributed by atoms with Crippen molar-refractivity contribution in [2.45, 2.75) is 25.7 Å². The van der Waals surface area contributed by atoms with Crippen LogP contribution in [0.1, 0.15) is 36.0 Å². The largest absolute Gasteiger partial charge is 0.481 e. The highest BCUT2D eigenvalue weighted by atomic mass is 79.9. The van der Waals surface area contributed by atoms with E-state index in [-0.39, 0.29) is 23.2 Å². The lowest BCUT2D eigenvalue weighted by Crippen LogP contribution is -2.26. The monoisotopic (exact) mass is 328 g/mol. The van der Waals surface area contributed by atoms with Crippen LogP contribution in [-0.2, 0) is 4.79 Å². The van der Waals surface area contributed by atoms with Crippen LogP contribution in [0.3, 0.4) is 0 Å². The third-order valence-electron chi connectivity index (χ3n) is 3.64. The van der Waals surface area contributed by atoms with Gasteiger partial charge in [0.15, 0.2) is 5.78 Å². The highest BCUT2D eigenvalue weighted by Gasteiger charge is 2.31. The van der Waals surface area contributed by atoms with Crippen LogP contribution < -0.4 is 0 Å². The lowest BCUT2D eigenvalue weighted by atomic mass is 9.78. The number of carboxylic acids is 1. The molecule has 2 rings (SSSR count). The maximum Gasteiger partial charge on any atom is 0.306 e. The molecule has 1 aromatic carbocycles. The van der Waals surface area contributed by atoms with Gasteiger partial charge in [0.1, 0.15) is 5.82 Å². The topological polar surface area (TPSA) is 54.4 Å². The van der Waals surface area contributed by atoms with Gasteiger partial charge < -0.3 is 5.11 Å². The molecule has 5 heteroatoms. The van der Waals surface area contributed by atoms with Crippen LogP contribution in [0, 0.1) is 17.7 Å². The summed E-state index contributed by atoms with van der Waals surface area (Å²) in [5, 5.41) is 8.91. The molecule has 0 amide bonds. The number of hydrogen-bond acceptors (Lipinski definition) is 2. The van der Waals surface area contributed by atoms with Crippen LogP contribution >= 0.6 is 15.9 Å². The number of hydrogen-bond donors (Lipinski definition) is 1. The number of Topliss-reactive ketones (excluding diaryl/α,β-unsaturated/α-hetero) is 1. The minimum Gasteiger partial charge on any atom is -0.481 e. The Morgan fingerprint density at radius 1 is 1.16 bits per heavy atom. The van der Waals surface area contributed by atoms with E-state index in [9.17, 15) is 14.0 Å². The van der Waals surface area contributed by atoms with Gasteiger partial charge in [-0.25, -0.2) is 4.39 Å². The predicted molar refractivity (Wildman–Crippen MR) is 71.5 cm³/mol. The Hall–Kier alpha value is -1.23. The molecule has 1 saturated carbocycles. The van der Waals surface area contributed by atoms with Gasteiger partial charge in [0.25, 0.3) is 0 Å². The molecule has 19 heavy (non-hydrogen) atoms. The maximum atomic E-state index is 13.6. The predicted octanol–water partition coefficient (Wildman–Crippen LogP) is 3.66. The number of aliphatic carboxylic acids is 1. The zero-order valence-corrected chi connectivity index (χ0v) is 11.8. The molecule has 0 heterocycles. The van der Waals surface area contributed by atoms with Gasteiger partial charge in [0.2, 0.25) is 0 Å². The third-order valence-corrected chi connectivity index (χ3v) is 4.13. The molecular formula is C14H14BrFO3. The number of carbonyl (C=O) groups excluding carboxylic acids is 1. The number of carbonyl (C=O) groups is 2. The van der Waals surface area contributed by atoms with E-state index < -0.39 is 11.8 Å². The van der Waals surface area contributed by atoms with E-state index in [1.54, 1.807) is 6.07 Å². The van der Waals surface area contributed by atoms with Gasteiger partial charge in [-0.2, -0.15) is 0 Å². The van der Waals surface area contributed by atoms with Crippen LogP contribution in [0.15, 0.2) is 22.7 Å². The Morgan fingerprint density at radius 3 is 2.32 bits per heavy atom. The van der Waals surface area contributed by atoms with E-state index in [0.29, 0.717) is 30.2 Å². The van der Waals surface area contributed by atoms with Crippen molar-refractivity contribution >= 4 is 27.7 Å². The third kappa shape index (κ3) is 3.21. The lowest BCUT2D eigenvalue weighted by molar-refractivity contribution is -0.143. The fourth-order valence-corrected chi connectivity index (χ4v) is 2.87. The zero-order valence-electron chi connectivity index (χ0n) is 10.2. The molecule has 0 saturated heterocycles. The minimum absolute atomic E-state index is 0.0909. The maximum absolute atomic E-state index is 13.6. The summed E-state index contributed by atoms with van der Waals surface area (Å²) in [5.74, 6) is -2.17. The molecule has 0 aromatic heterocycles. The molecule has 0 aliphatic heterocycles. The van der Waals surface area contributed by atoms with E-state index in [1.807, 2.05) is 0 Å². The van der Waals surface area contributed by atoms with Crippen LogP contribution in [0.5, 0.6) is 0 Å². The van der Waals surface area contributed by atoms with E-state index in [4.69, 9.17) is 5.11 Å². The zero-order chi connectivity index (χ0) is 14.0. The van der Waals surface area contributed by atoms with Crippen LogP contribution in [0.4, 0.5) is 4.39 Å². The fourth-order valence-electron chi connectivity index (χ4n) is 2.51. The molecule has 3 nitrogen and oxygen atoms in total. The molecule has 0 unspecified atom stereocenters. The molecule has 1 aromatic rings. The first kappa shape index (κ1) is 14.2. The summed E-state index contributed by atoms with van der Waals surface area (Å²) in [7, 11) is 0. The summed E-state index contributed by atoms with van der Waals surface area (Å²) in [6.45, 7) is 0. The second-order valence-corrected chi connectivity index (χ2v) is 5.79. The average molecular weight is 329 g/mol. The Balaban J connectivity index is 2.09. The van der Waals surface area contributed by atoms with E-state index in [0.717, 1.165) is 0 Å². The Labute approximate surface area is 118 Å². The molecule has 1 aliphatic carbocycles. The van der Waals surface area contributed by atoms with Crippen molar-refractivity contribution in [3.05, 3.63) is 34.1 Å². The molecule has 1 fully saturated rings. The Bertz CT molecular complexity index is 507. The van der Waals surface area contributed by atoms with Crippen molar-refractivity contribution in [1.82, 2.24) is 0 Å². The second-order valence-electron chi connectivity index (χ2n) is 4.88. The number of carboxylic acid groups (broad SMARTS) is 1. The van der Waals surface area contributed by atoms with Crippen molar-refractivity contribution in [3.8, 4) is 0 Å². The van der Waals surface area contributed by atoms with Crippen LogP contribution in [0.25, 0.3) is 0 Å². The van der Waals surface area contributed by atoms with Crippen molar-refractivity contribution in [3.63, 3.8) is 0 Å². The molecule has 0 bridgehead atoms. The highest BCUT2D eigenvalue weighted by molar-refractivity contribution is 9.10. The summed E-state index contributed by atoms with van der Waals surface area (Å²) in [6, 6.07) is 4.30. The lowest BCUT2D eigenvalue weighted by Gasteiger charge is -2.25. The Morgan fingerprint density at radius 2 is 1.74 bits per heavy atom. The first-order chi connectivity index (χ1) is 8.99. The highest BCUT2D eigenvalue weighted by Crippen LogP contribution is 2.32. The van der Waals surface area contributed by atoms with Crippen LogP contribution in [-0.4, -0.2) is 16.9 Å². The first-order valence-corrected chi connectivity index (χ1v) is 7.00. The van der Waals surface area contributed by atoms with E-state index in [2.05, 4.69) is 15.9 Å². The Kier molecular flexibility index (Phi) is 4.34. The van der Waals surface area contributed by atoms with Gasteiger partial charge in [-0.1, -0.05) is 15.9 Å². The fraction of sp³-hybridized carbons (Fsp3) is 0.429. The van der Waals surface area contributed by atoms with Gasteiger partial charge >= 0.3 is 5.97 Å². The van der Waals surface area contributed by atoms with E-state index >= 15 is 0 Å². The van der Waals surface area contributed by atoms with Crippen molar-refractivity contribution < 1.29 is 19.1 Å². The number of benzene rings is 1.